The molecule has 1 heterocycles. The lowest BCUT2D eigenvalue weighted by Crippen LogP contribution is -2.21. The Hall–Kier alpha value is -1.31. The van der Waals surface area contributed by atoms with Crippen molar-refractivity contribution in [2.24, 2.45) is 0 Å². The monoisotopic (exact) mass is 311 g/mol. The smallest absolute Gasteiger partial charge is 0.175 e. The zero-order chi connectivity index (χ0) is 14.8. The highest BCUT2D eigenvalue weighted by atomic mass is 32.2. The SMILES string of the molecule is CC(C)NCc1nnc(-c2cccc(S(C)(=O)=O)c2)s1. The summed E-state index contributed by atoms with van der Waals surface area (Å²) in [5, 5.41) is 13.1. The average molecular weight is 311 g/mol. The van der Waals surface area contributed by atoms with E-state index < -0.39 is 9.84 Å². The lowest BCUT2D eigenvalue weighted by atomic mass is 10.2. The van der Waals surface area contributed by atoms with Crippen LogP contribution in [-0.4, -0.2) is 30.9 Å². The molecule has 0 amide bonds. The number of hydrogen-bond donors (Lipinski definition) is 1. The van der Waals surface area contributed by atoms with Crippen LogP contribution in [0.4, 0.5) is 0 Å². The number of nitrogens with zero attached hydrogens (tertiary/aromatic N) is 2. The fraction of sp³-hybridized carbons (Fsp3) is 0.385. The van der Waals surface area contributed by atoms with Gasteiger partial charge in [-0.2, -0.15) is 0 Å². The van der Waals surface area contributed by atoms with Gasteiger partial charge in [0, 0.05) is 24.4 Å². The fourth-order valence-corrected chi connectivity index (χ4v) is 3.05. The number of sulfone groups is 1. The topological polar surface area (TPSA) is 72.0 Å². The third kappa shape index (κ3) is 3.84. The van der Waals surface area contributed by atoms with Gasteiger partial charge in [-0.15, -0.1) is 10.2 Å². The van der Waals surface area contributed by atoms with E-state index in [9.17, 15) is 8.42 Å². The Morgan fingerprint density at radius 1 is 1.30 bits per heavy atom. The Labute approximate surface area is 123 Å². The van der Waals surface area contributed by atoms with Gasteiger partial charge in [0.2, 0.25) is 0 Å². The van der Waals surface area contributed by atoms with Crippen molar-refractivity contribution >= 4 is 21.2 Å². The van der Waals surface area contributed by atoms with Gasteiger partial charge in [0.25, 0.3) is 0 Å². The number of aromatic nitrogens is 2. The molecule has 0 radical (unpaired) electrons. The van der Waals surface area contributed by atoms with E-state index in [1.807, 2.05) is 6.07 Å². The van der Waals surface area contributed by atoms with Crippen molar-refractivity contribution in [3.05, 3.63) is 29.3 Å². The van der Waals surface area contributed by atoms with E-state index in [0.717, 1.165) is 15.6 Å². The number of hydrogen-bond acceptors (Lipinski definition) is 6. The second-order valence-electron chi connectivity index (χ2n) is 4.84. The summed E-state index contributed by atoms with van der Waals surface area (Å²) in [7, 11) is -3.20. The Morgan fingerprint density at radius 3 is 2.70 bits per heavy atom. The van der Waals surface area contributed by atoms with Crippen molar-refractivity contribution in [1.82, 2.24) is 15.5 Å². The molecule has 1 aromatic heterocycles. The molecule has 0 aliphatic rings. The highest BCUT2D eigenvalue weighted by Crippen LogP contribution is 2.25. The van der Waals surface area contributed by atoms with Gasteiger partial charge < -0.3 is 5.32 Å². The number of benzene rings is 1. The van der Waals surface area contributed by atoms with Gasteiger partial charge in [-0.1, -0.05) is 37.3 Å². The molecule has 0 aliphatic carbocycles. The summed E-state index contributed by atoms with van der Waals surface area (Å²) in [6.07, 6.45) is 1.20. The summed E-state index contributed by atoms with van der Waals surface area (Å²) in [6.45, 7) is 4.80. The van der Waals surface area contributed by atoms with Crippen LogP contribution in [0.2, 0.25) is 0 Å². The Bertz CT molecular complexity index is 693. The van der Waals surface area contributed by atoms with E-state index >= 15 is 0 Å². The Morgan fingerprint density at radius 2 is 2.05 bits per heavy atom. The first-order valence-corrected chi connectivity index (χ1v) is 8.93. The van der Waals surface area contributed by atoms with Gasteiger partial charge >= 0.3 is 0 Å². The minimum absolute atomic E-state index is 0.298. The van der Waals surface area contributed by atoms with E-state index in [2.05, 4.69) is 29.4 Å². The maximum Gasteiger partial charge on any atom is 0.175 e. The predicted octanol–water partition coefficient (Wildman–Crippen LogP) is 2.11. The van der Waals surface area contributed by atoms with Gasteiger partial charge in [-0.25, -0.2) is 8.42 Å². The molecule has 0 saturated heterocycles. The van der Waals surface area contributed by atoms with E-state index in [-0.39, 0.29) is 0 Å². The summed E-state index contributed by atoms with van der Waals surface area (Å²) < 4.78 is 23.1. The summed E-state index contributed by atoms with van der Waals surface area (Å²) in [5.41, 5.74) is 0.779. The van der Waals surface area contributed by atoms with Crippen LogP contribution in [0.25, 0.3) is 10.6 Å². The molecule has 108 valence electrons. The van der Waals surface area contributed by atoms with Crippen LogP contribution in [-0.2, 0) is 16.4 Å². The standard InChI is InChI=1S/C13H17N3O2S2/c1-9(2)14-8-12-15-16-13(19-12)10-5-4-6-11(7-10)20(3,17)18/h4-7,9,14H,8H2,1-3H3. The third-order valence-corrected chi connectivity index (χ3v) is 4.72. The van der Waals surface area contributed by atoms with Crippen LogP contribution in [0.1, 0.15) is 18.9 Å². The molecule has 2 aromatic rings. The quantitative estimate of drug-likeness (QED) is 0.915. The van der Waals surface area contributed by atoms with Gasteiger partial charge in [0.1, 0.15) is 10.0 Å². The lowest BCUT2D eigenvalue weighted by Gasteiger charge is -2.03. The van der Waals surface area contributed by atoms with Gasteiger partial charge in [0.15, 0.2) is 9.84 Å². The summed E-state index contributed by atoms with van der Waals surface area (Å²) in [5.74, 6) is 0. The molecular weight excluding hydrogens is 294 g/mol. The van der Waals surface area contributed by atoms with Crippen LogP contribution in [0.5, 0.6) is 0 Å². The van der Waals surface area contributed by atoms with E-state index in [0.29, 0.717) is 17.5 Å². The molecule has 0 spiro atoms. The third-order valence-electron chi connectivity index (χ3n) is 2.64. The summed E-state index contributed by atoms with van der Waals surface area (Å²) in [6, 6.07) is 7.17. The zero-order valence-corrected chi connectivity index (χ0v) is 13.3. The minimum atomic E-state index is -3.20. The van der Waals surface area contributed by atoms with Crippen molar-refractivity contribution in [3.63, 3.8) is 0 Å². The molecule has 5 nitrogen and oxygen atoms in total. The first-order valence-electron chi connectivity index (χ1n) is 6.22. The normalized spacial score (nSPS) is 12.0. The van der Waals surface area contributed by atoms with Crippen molar-refractivity contribution < 1.29 is 8.42 Å². The maximum atomic E-state index is 11.6. The molecule has 0 fully saturated rings. The van der Waals surface area contributed by atoms with Crippen molar-refractivity contribution in [2.45, 2.75) is 31.3 Å². The van der Waals surface area contributed by atoms with Gasteiger partial charge in [-0.3, -0.25) is 0 Å². The molecule has 1 aromatic carbocycles. The fourth-order valence-electron chi connectivity index (χ4n) is 1.59. The summed E-state index contributed by atoms with van der Waals surface area (Å²) >= 11 is 1.47. The van der Waals surface area contributed by atoms with Gasteiger partial charge in [-0.05, 0) is 12.1 Å². The highest BCUT2D eigenvalue weighted by Gasteiger charge is 2.11. The Balaban J connectivity index is 2.24. The zero-order valence-electron chi connectivity index (χ0n) is 11.6. The largest absolute Gasteiger partial charge is 0.308 e. The number of rotatable bonds is 5. The lowest BCUT2D eigenvalue weighted by molar-refractivity contribution is 0.585. The molecule has 1 N–H and O–H groups in total. The summed E-state index contributed by atoms with van der Waals surface area (Å²) in [4.78, 5) is 0.298. The van der Waals surface area contributed by atoms with Crippen LogP contribution in [0, 0.1) is 0 Å². The molecule has 2 rings (SSSR count). The molecule has 0 bridgehead atoms. The Kier molecular flexibility index (Phi) is 4.52. The molecule has 0 aliphatic heterocycles. The van der Waals surface area contributed by atoms with Crippen LogP contribution < -0.4 is 5.32 Å². The first kappa shape index (κ1) is 15.1. The maximum absolute atomic E-state index is 11.6. The van der Waals surface area contributed by atoms with E-state index in [1.165, 1.54) is 17.6 Å². The molecule has 20 heavy (non-hydrogen) atoms. The van der Waals surface area contributed by atoms with Crippen molar-refractivity contribution in [2.75, 3.05) is 6.26 Å². The second-order valence-corrected chi connectivity index (χ2v) is 7.91. The van der Waals surface area contributed by atoms with Crippen LogP contribution >= 0.6 is 11.3 Å². The van der Waals surface area contributed by atoms with Crippen LogP contribution in [0.3, 0.4) is 0 Å². The first-order chi connectivity index (χ1) is 9.36. The second kappa shape index (κ2) is 5.99. The molecule has 0 atom stereocenters. The average Bonchev–Trinajstić information content (AvgIpc) is 2.84. The highest BCUT2D eigenvalue weighted by molar-refractivity contribution is 7.90. The van der Waals surface area contributed by atoms with Crippen LogP contribution in [0.15, 0.2) is 29.2 Å². The van der Waals surface area contributed by atoms with Crippen molar-refractivity contribution in [3.8, 4) is 10.6 Å². The van der Waals surface area contributed by atoms with Crippen molar-refractivity contribution in [1.29, 1.82) is 0 Å². The molecule has 0 saturated carbocycles. The van der Waals surface area contributed by atoms with E-state index in [4.69, 9.17) is 0 Å². The molecule has 7 heteroatoms. The molecular formula is C13H17N3O2S2. The van der Waals surface area contributed by atoms with Gasteiger partial charge in [0.05, 0.1) is 4.90 Å². The minimum Gasteiger partial charge on any atom is -0.308 e. The molecule has 0 unspecified atom stereocenters. The predicted molar refractivity (Wildman–Crippen MR) is 80.4 cm³/mol. The number of nitrogens with one attached hydrogen (secondary N) is 1. The van der Waals surface area contributed by atoms with E-state index in [1.54, 1.807) is 18.2 Å².